The van der Waals surface area contributed by atoms with E-state index in [4.69, 9.17) is 0 Å². The summed E-state index contributed by atoms with van der Waals surface area (Å²) in [5.41, 5.74) is 2.77. The maximum atomic E-state index is 2.49. The molecule has 18 heavy (non-hydrogen) atoms. The lowest BCUT2D eigenvalue weighted by atomic mass is 10.2. The smallest absolute Gasteiger partial charge is 0.0368 e. The van der Waals surface area contributed by atoms with Crippen LogP contribution < -0.4 is 9.80 Å². The van der Waals surface area contributed by atoms with Gasteiger partial charge in [-0.05, 0) is 44.2 Å². The highest BCUT2D eigenvalue weighted by atomic mass is 15.2. The van der Waals surface area contributed by atoms with Gasteiger partial charge in [0.15, 0.2) is 0 Å². The lowest BCUT2D eigenvalue weighted by Gasteiger charge is -2.34. The third kappa shape index (κ3) is 2.46. The fourth-order valence-corrected chi connectivity index (χ4v) is 2.91. The summed E-state index contributed by atoms with van der Waals surface area (Å²) in [5, 5.41) is 0. The van der Waals surface area contributed by atoms with E-state index in [0.29, 0.717) is 0 Å². The van der Waals surface area contributed by atoms with E-state index in [-0.39, 0.29) is 0 Å². The van der Waals surface area contributed by atoms with Crippen LogP contribution in [0.5, 0.6) is 0 Å². The van der Waals surface area contributed by atoms with E-state index in [9.17, 15) is 0 Å². The first-order chi connectivity index (χ1) is 8.83. The van der Waals surface area contributed by atoms with Crippen LogP contribution in [0.2, 0.25) is 0 Å². The van der Waals surface area contributed by atoms with Crippen molar-refractivity contribution in [1.82, 2.24) is 4.90 Å². The van der Waals surface area contributed by atoms with Crippen LogP contribution in [-0.2, 0) is 0 Å². The molecule has 3 heteroatoms. The minimum atomic E-state index is 1.15. The summed E-state index contributed by atoms with van der Waals surface area (Å²) in [4.78, 5) is 7.39. The molecule has 0 N–H and O–H groups in total. The summed E-state index contributed by atoms with van der Waals surface area (Å²) < 4.78 is 0. The van der Waals surface area contributed by atoms with E-state index in [1.807, 2.05) is 0 Å². The van der Waals surface area contributed by atoms with Crippen molar-refractivity contribution in [2.24, 2.45) is 0 Å². The quantitative estimate of drug-likeness (QED) is 0.789. The topological polar surface area (TPSA) is 9.72 Å². The van der Waals surface area contributed by atoms with E-state index in [1.165, 1.54) is 50.4 Å². The molecule has 0 saturated carbocycles. The highest BCUT2D eigenvalue weighted by molar-refractivity contribution is 5.57. The molecule has 0 bridgehead atoms. The van der Waals surface area contributed by atoms with Crippen molar-refractivity contribution >= 4 is 11.4 Å². The Morgan fingerprint density at radius 2 is 1.11 bits per heavy atom. The third-order valence-corrected chi connectivity index (χ3v) is 4.19. The Balaban J connectivity index is 1.67. The fraction of sp³-hybridized carbons (Fsp3) is 0.600. The van der Waals surface area contributed by atoms with Crippen molar-refractivity contribution in [2.75, 3.05) is 56.1 Å². The largest absolute Gasteiger partial charge is 0.372 e. The molecule has 0 atom stereocenters. The van der Waals surface area contributed by atoms with E-state index >= 15 is 0 Å². The predicted octanol–water partition coefficient (Wildman–Crippen LogP) is 2.04. The molecule has 3 rings (SSSR count). The number of hydrogen-bond donors (Lipinski definition) is 0. The van der Waals surface area contributed by atoms with Crippen molar-refractivity contribution in [1.29, 1.82) is 0 Å². The van der Waals surface area contributed by atoms with Gasteiger partial charge < -0.3 is 14.7 Å². The second-order valence-electron chi connectivity index (χ2n) is 5.50. The molecule has 1 aromatic carbocycles. The Morgan fingerprint density at radius 1 is 0.667 bits per heavy atom. The molecule has 0 spiro atoms. The third-order valence-electron chi connectivity index (χ3n) is 4.19. The molecule has 0 aromatic heterocycles. The first kappa shape index (κ1) is 11.8. The average molecular weight is 245 g/mol. The Kier molecular flexibility index (Phi) is 3.41. The Labute approximate surface area is 110 Å². The van der Waals surface area contributed by atoms with Crippen LogP contribution in [-0.4, -0.2) is 51.2 Å². The minimum Gasteiger partial charge on any atom is -0.372 e. The van der Waals surface area contributed by atoms with E-state index in [1.54, 1.807) is 0 Å². The molecule has 2 saturated heterocycles. The average Bonchev–Trinajstić information content (AvgIpc) is 2.94. The van der Waals surface area contributed by atoms with Crippen molar-refractivity contribution in [2.45, 2.75) is 12.8 Å². The lowest BCUT2D eigenvalue weighted by Crippen LogP contribution is -2.44. The van der Waals surface area contributed by atoms with E-state index < -0.39 is 0 Å². The van der Waals surface area contributed by atoms with Gasteiger partial charge in [0.25, 0.3) is 0 Å². The predicted molar refractivity (Wildman–Crippen MR) is 77.6 cm³/mol. The molecule has 0 radical (unpaired) electrons. The number of benzene rings is 1. The van der Waals surface area contributed by atoms with Crippen molar-refractivity contribution in [3.05, 3.63) is 24.3 Å². The highest BCUT2D eigenvalue weighted by Crippen LogP contribution is 2.24. The molecule has 0 aliphatic carbocycles. The summed E-state index contributed by atoms with van der Waals surface area (Å²) in [6, 6.07) is 9.16. The maximum absolute atomic E-state index is 2.49. The van der Waals surface area contributed by atoms with Crippen LogP contribution in [0, 0.1) is 0 Å². The molecule has 98 valence electrons. The molecule has 2 fully saturated rings. The number of rotatable bonds is 2. The van der Waals surface area contributed by atoms with Crippen LogP contribution in [0.25, 0.3) is 0 Å². The van der Waals surface area contributed by atoms with Crippen LogP contribution in [0.15, 0.2) is 24.3 Å². The maximum Gasteiger partial charge on any atom is 0.0368 e. The summed E-state index contributed by atoms with van der Waals surface area (Å²) in [6.45, 7) is 7.11. The SMILES string of the molecule is CN1CCN(c2ccc(N3CCCC3)cc2)CC1. The molecule has 2 aliphatic rings. The van der Waals surface area contributed by atoms with Gasteiger partial charge in [-0.25, -0.2) is 0 Å². The first-order valence-corrected chi connectivity index (χ1v) is 7.11. The summed E-state index contributed by atoms with van der Waals surface area (Å²) in [7, 11) is 2.20. The van der Waals surface area contributed by atoms with Crippen molar-refractivity contribution in [3.8, 4) is 0 Å². The molecular weight excluding hydrogens is 222 g/mol. The Bertz CT molecular complexity index is 373. The van der Waals surface area contributed by atoms with Gasteiger partial charge in [-0.15, -0.1) is 0 Å². The second kappa shape index (κ2) is 5.19. The van der Waals surface area contributed by atoms with Gasteiger partial charge in [0.2, 0.25) is 0 Å². The van der Waals surface area contributed by atoms with Gasteiger partial charge in [-0.2, -0.15) is 0 Å². The molecule has 3 nitrogen and oxygen atoms in total. The summed E-state index contributed by atoms with van der Waals surface area (Å²) in [5.74, 6) is 0. The highest BCUT2D eigenvalue weighted by Gasteiger charge is 2.15. The zero-order chi connectivity index (χ0) is 12.4. The monoisotopic (exact) mass is 245 g/mol. The number of likely N-dealkylation sites (N-methyl/N-ethyl adjacent to an activating group) is 1. The van der Waals surface area contributed by atoms with Crippen molar-refractivity contribution < 1.29 is 0 Å². The number of anilines is 2. The second-order valence-corrected chi connectivity index (χ2v) is 5.50. The first-order valence-electron chi connectivity index (χ1n) is 7.11. The van der Waals surface area contributed by atoms with Gasteiger partial charge in [0.05, 0.1) is 0 Å². The van der Waals surface area contributed by atoms with Gasteiger partial charge in [0, 0.05) is 50.6 Å². The van der Waals surface area contributed by atoms with Gasteiger partial charge in [-0.1, -0.05) is 0 Å². The Hall–Kier alpha value is -1.22. The number of piperazine rings is 1. The molecule has 1 aromatic rings. The van der Waals surface area contributed by atoms with Gasteiger partial charge in [-0.3, -0.25) is 0 Å². The fourth-order valence-electron chi connectivity index (χ4n) is 2.91. The molecular formula is C15H23N3. The van der Waals surface area contributed by atoms with Gasteiger partial charge in [0.1, 0.15) is 0 Å². The van der Waals surface area contributed by atoms with Crippen LogP contribution >= 0.6 is 0 Å². The van der Waals surface area contributed by atoms with Crippen LogP contribution in [0.1, 0.15) is 12.8 Å². The zero-order valence-electron chi connectivity index (χ0n) is 11.3. The normalized spacial score (nSPS) is 21.6. The number of nitrogens with zero attached hydrogens (tertiary/aromatic N) is 3. The van der Waals surface area contributed by atoms with Crippen molar-refractivity contribution in [3.63, 3.8) is 0 Å². The standard InChI is InChI=1S/C15H23N3/c1-16-10-12-18(13-11-16)15-6-4-14(5-7-15)17-8-2-3-9-17/h4-7H,2-3,8-13H2,1H3. The molecule has 2 heterocycles. The zero-order valence-corrected chi connectivity index (χ0v) is 11.3. The van der Waals surface area contributed by atoms with Gasteiger partial charge >= 0.3 is 0 Å². The Morgan fingerprint density at radius 3 is 1.61 bits per heavy atom. The van der Waals surface area contributed by atoms with Crippen LogP contribution in [0.4, 0.5) is 11.4 Å². The summed E-state index contributed by atoms with van der Waals surface area (Å²) >= 11 is 0. The number of hydrogen-bond acceptors (Lipinski definition) is 3. The van der Waals surface area contributed by atoms with E-state index in [0.717, 1.165) is 13.1 Å². The summed E-state index contributed by atoms with van der Waals surface area (Å²) in [6.07, 6.45) is 2.69. The van der Waals surface area contributed by atoms with E-state index in [2.05, 4.69) is 46.0 Å². The van der Waals surface area contributed by atoms with Crippen LogP contribution in [0.3, 0.4) is 0 Å². The molecule has 0 unspecified atom stereocenters. The lowest BCUT2D eigenvalue weighted by molar-refractivity contribution is 0.313. The minimum absolute atomic E-state index is 1.15. The molecule has 0 amide bonds. The molecule has 2 aliphatic heterocycles.